The van der Waals surface area contributed by atoms with Crippen LogP contribution in [0.1, 0.15) is 51.4 Å². The smallest absolute Gasteiger partial charge is 0.341 e. The second-order valence-corrected chi connectivity index (χ2v) is 9.22. The molecule has 1 aromatic carbocycles. The van der Waals surface area contributed by atoms with Gasteiger partial charge in [-0.05, 0) is 61.9 Å². The third-order valence-corrected chi connectivity index (χ3v) is 6.53. The van der Waals surface area contributed by atoms with Crippen LogP contribution in [-0.2, 0) is 31.9 Å². The summed E-state index contributed by atoms with van der Waals surface area (Å²) in [5.41, 5.74) is 1.65. The maximum absolute atomic E-state index is 12.5. The summed E-state index contributed by atoms with van der Waals surface area (Å²) in [5, 5.41) is 5.99. The molecule has 8 nitrogen and oxygen atoms in total. The normalized spacial score (nSPS) is 14.7. The number of benzene rings is 1. The predicted molar refractivity (Wildman–Crippen MR) is 125 cm³/mol. The highest BCUT2D eigenvalue weighted by atomic mass is 35.5. The average Bonchev–Trinajstić information content (AvgIpc) is 3.13. The first-order valence-corrected chi connectivity index (χ1v) is 11.8. The molecule has 2 aromatic rings. The van der Waals surface area contributed by atoms with E-state index in [4.69, 9.17) is 21.1 Å². The Labute approximate surface area is 200 Å². The quantitative estimate of drug-likeness (QED) is 0.544. The number of carbonyl (C=O) groups is 4. The molecule has 0 radical (unpaired) electrons. The van der Waals surface area contributed by atoms with Crippen LogP contribution in [0.3, 0.4) is 0 Å². The summed E-state index contributed by atoms with van der Waals surface area (Å²) in [6, 6.07) is 6.18. The van der Waals surface area contributed by atoms with Gasteiger partial charge in [-0.1, -0.05) is 18.5 Å². The third-order valence-electron chi connectivity index (χ3n) is 5.11. The van der Waals surface area contributed by atoms with E-state index in [0.717, 1.165) is 29.7 Å². The van der Waals surface area contributed by atoms with Gasteiger partial charge in [-0.3, -0.25) is 14.4 Å². The molecule has 0 unspecified atom stereocenters. The maximum atomic E-state index is 12.5. The number of anilines is 1. The number of nitrogens with one attached hydrogen (secondary N) is 2. The lowest BCUT2D eigenvalue weighted by Gasteiger charge is -2.18. The second kappa shape index (κ2) is 11.3. The zero-order valence-electron chi connectivity index (χ0n) is 18.4. The molecule has 2 N–H and O–H groups in total. The van der Waals surface area contributed by atoms with Gasteiger partial charge in [0.15, 0.2) is 6.61 Å². The molecule has 3 rings (SSSR count). The van der Waals surface area contributed by atoms with Crippen LogP contribution < -0.4 is 10.6 Å². The summed E-state index contributed by atoms with van der Waals surface area (Å²) in [7, 11) is 0. The number of amides is 2. The van der Waals surface area contributed by atoms with Crippen molar-refractivity contribution in [3.63, 3.8) is 0 Å². The van der Waals surface area contributed by atoms with Gasteiger partial charge in [0, 0.05) is 15.5 Å². The fraction of sp³-hybridized carbons (Fsp3) is 0.391. The lowest BCUT2D eigenvalue weighted by atomic mass is 9.88. The van der Waals surface area contributed by atoms with Gasteiger partial charge in [0.2, 0.25) is 0 Å². The molecule has 0 saturated carbocycles. The Balaban J connectivity index is 1.55. The van der Waals surface area contributed by atoms with Gasteiger partial charge in [-0.25, -0.2) is 4.79 Å². The van der Waals surface area contributed by atoms with E-state index in [9.17, 15) is 19.2 Å². The van der Waals surface area contributed by atoms with Crippen LogP contribution in [0, 0.1) is 5.92 Å². The summed E-state index contributed by atoms with van der Waals surface area (Å²) in [5.74, 6) is -1.78. The minimum Gasteiger partial charge on any atom is -0.462 e. The minimum absolute atomic E-state index is 0.229. The minimum atomic E-state index is -0.766. The molecule has 0 aliphatic heterocycles. The lowest BCUT2D eigenvalue weighted by Crippen LogP contribution is -2.32. The fourth-order valence-electron chi connectivity index (χ4n) is 3.47. The molecule has 1 aromatic heterocycles. The number of hydrogen-bond acceptors (Lipinski definition) is 7. The standard InChI is InChI=1S/C23H25ClN2O6S/c1-3-31-23(30)20-16-9-4-13(2)10-17(16)33-22(20)26-18(27)12-32-19(28)11-25-21(29)14-5-7-15(24)8-6-14/h5-8,13H,3-4,9-12H2,1-2H3,(H,25,29)(H,26,27)/t13-/m1/s1. The molecular formula is C23H25ClN2O6S. The molecule has 1 aliphatic rings. The number of fused-ring (bicyclic) bond motifs is 1. The predicted octanol–water partition coefficient (Wildman–Crippen LogP) is 3.61. The molecule has 1 aliphatic carbocycles. The zero-order valence-corrected chi connectivity index (χ0v) is 19.9. The Morgan fingerprint density at radius 2 is 1.88 bits per heavy atom. The van der Waals surface area contributed by atoms with Crippen molar-refractivity contribution >= 4 is 51.7 Å². The number of thiophene rings is 1. The van der Waals surface area contributed by atoms with E-state index in [1.54, 1.807) is 19.1 Å². The Morgan fingerprint density at radius 3 is 2.58 bits per heavy atom. The molecule has 1 atom stereocenters. The van der Waals surface area contributed by atoms with Gasteiger partial charge in [-0.2, -0.15) is 0 Å². The Hall–Kier alpha value is -2.91. The van der Waals surface area contributed by atoms with E-state index >= 15 is 0 Å². The van der Waals surface area contributed by atoms with Gasteiger partial charge >= 0.3 is 11.9 Å². The van der Waals surface area contributed by atoms with E-state index in [0.29, 0.717) is 27.1 Å². The zero-order chi connectivity index (χ0) is 24.0. The number of hydrogen-bond donors (Lipinski definition) is 2. The fourth-order valence-corrected chi connectivity index (χ4v) is 5.01. The van der Waals surface area contributed by atoms with E-state index < -0.39 is 36.9 Å². The number of rotatable bonds is 8. The summed E-state index contributed by atoms with van der Waals surface area (Å²) in [6.45, 7) is 3.16. The molecule has 0 bridgehead atoms. The Kier molecular flexibility index (Phi) is 8.46. The van der Waals surface area contributed by atoms with Crippen molar-refractivity contribution < 1.29 is 28.7 Å². The summed E-state index contributed by atoms with van der Waals surface area (Å²) < 4.78 is 10.1. The maximum Gasteiger partial charge on any atom is 0.341 e. The van der Waals surface area contributed by atoms with Gasteiger partial charge < -0.3 is 20.1 Å². The summed E-state index contributed by atoms with van der Waals surface area (Å²) in [6.07, 6.45) is 2.55. The average molecular weight is 493 g/mol. The Morgan fingerprint density at radius 1 is 1.15 bits per heavy atom. The molecule has 176 valence electrons. The Bertz CT molecular complexity index is 1050. The van der Waals surface area contributed by atoms with Crippen LogP contribution in [0.2, 0.25) is 5.02 Å². The molecule has 33 heavy (non-hydrogen) atoms. The molecule has 1 heterocycles. The van der Waals surface area contributed by atoms with Crippen molar-refractivity contribution in [2.45, 2.75) is 33.1 Å². The molecule has 10 heteroatoms. The highest BCUT2D eigenvalue weighted by Crippen LogP contribution is 2.40. The molecule has 2 amide bonds. The van der Waals surface area contributed by atoms with Crippen molar-refractivity contribution in [3.8, 4) is 0 Å². The van der Waals surface area contributed by atoms with Crippen LogP contribution in [0.25, 0.3) is 0 Å². The number of carbonyl (C=O) groups excluding carboxylic acids is 4. The first-order chi connectivity index (χ1) is 15.8. The van der Waals surface area contributed by atoms with Gasteiger partial charge in [0.1, 0.15) is 11.5 Å². The van der Waals surface area contributed by atoms with Crippen molar-refractivity contribution in [2.24, 2.45) is 5.92 Å². The van der Waals surface area contributed by atoms with Crippen LogP contribution >= 0.6 is 22.9 Å². The van der Waals surface area contributed by atoms with Crippen molar-refractivity contribution in [1.29, 1.82) is 0 Å². The first-order valence-electron chi connectivity index (χ1n) is 10.6. The van der Waals surface area contributed by atoms with Crippen LogP contribution in [-0.4, -0.2) is 43.5 Å². The van der Waals surface area contributed by atoms with Gasteiger partial charge in [-0.15, -0.1) is 11.3 Å². The SMILES string of the molecule is CCOC(=O)c1c(NC(=O)COC(=O)CNC(=O)c2ccc(Cl)cc2)sc2c1CC[C@@H](C)C2. The second-order valence-electron chi connectivity index (χ2n) is 7.67. The van der Waals surface area contributed by atoms with Crippen LogP contribution in [0.15, 0.2) is 24.3 Å². The lowest BCUT2D eigenvalue weighted by molar-refractivity contribution is -0.146. The summed E-state index contributed by atoms with van der Waals surface area (Å²) >= 11 is 7.14. The molecular weight excluding hydrogens is 468 g/mol. The van der Waals surface area contributed by atoms with Crippen molar-refractivity contribution in [2.75, 3.05) is 25.1 Å². The van der Waals surface area contributed by atoms with E-state index in [2.05, 4.69) is 17.6 Å². The molecule has 0 fully saturated rings. The van der Waals surface area contributed by atoms with E-state index in [1.165, 1.54) is 23.5 Å². The van der Waals surface area contributed by atoms with E-state index in [1.807, 2.05) is 0 Å². The summed E-state index contributed by atoms with van der Waals surface area (Å²) in [4.78, 5) is 49.9. The van der Waals surface area contributed by atoms with E-state index in [-0.39, 0.29) is 6.61 Å². The van der Waals surface area contributed by atoms with Crippen molar-refractivity contribution in [1.82, 2.24) is 5.32 Å². The van der Waals surface area contributed by atoms with Crippen molar-refractivity contribution in [3.05, 3.63) is 50.9 Å². The molecule has 0 spiro atoms. The monoisotopic (exact) mass is 492 g/mol. The first kappa shape index (κ1) is 24.7. The highest BCUT2D eigenvalue weighted by Gasteiger charge is 2.29. The topological polar surface area (TPSA) is 111 Å². The number of ether oxygens (including phenoxy) is 2. The van der Waals surface area contributed by atoms with Crippen LogP contribution in [0.4, 0.5) is 5.00 Å². The molecule has 0 saturated heterocycles. The number of halogens is 1. The van der Waals surface area contributed by atoms with Gasteiger partial charge in [0.25, 0.3) is 11.8 Å². The third kappa shape index (κ3) is 6.55. The van der Waals surface area contributed by atoms with Gasteiger partial charge in [0.05, 0.1) is 12.2 Å². The number of esters is 2. The largest absolute Gasteiger partial charge is 0.462 e. The highest BCUT2D eigenvalue weighted by molar-refractivity contribution is 7.17. The van der Waals surface area contributed by atoms with Crippen LogP contribution in [0.5, 0.6) is 0 Å².